The first kappa shape index (κ1) is 16.0. The standard InChI is InChI=1S/C18H14F2O4/c1-8(2)15-16(22)11-7-10(21)3-4-14(11)24-18(15)9-5-12(19)17(23)13(20)6-9/h3-8,21,23H,1-2H3. The molecule has 0 fully saturated rings. The average molecular weight is 332 g/mol. The lowest BCUT2D eigenvalue weighted by atomic mass is 9.96. The topological polar surface area (TPSA) is 70.7 Å². The van der Waals surface area contributed by atoms with Crippen molar-refractivity contribution in [3.8, 4) is 22.8 Å². The Hall–Kier alpha value is -2.89. The first-order chi connectivity index (χ1) is 11.3. The Kier molecular flexibility index (Phi) is 3.75. The van der Waals surface area contributed by atoms with Crippen LogP contribution in [0.2, 0.25) is 0 Å². The summed E-state index contributed by atoms with van der Waals surface area (Å²) in [6, 6.07) is 5.87. The molecule has 6 heteroatoms. The fourth-order valence-corrected chi connectivity index (χ4v) is 2.63. The third-order valence-corrected chi connectivity index (χ3v) is 3.77. The van der Waals surface area contributed by atoms with Gasteiger partial charge in [0.25, 0.3) is 0 Å². The Bertz CT molecular complexity index is 983. The van der Waals surface area contributed by atoms with Gasteiger partial charge in [0.05, 0.1) is 5.39 Å². The van der Waals surface area contributed by atoms with Gasteiger partial charge in [-0.3, -0.25) is 4.79 Å². The summed E-state index contributed by atoms with van der Waals surface area (Å²) in [7, 11) is 0. The van der Waals surface area contributed by atoms with E-state index in [0.29, 0.717) is 0 Å². The molecular weight excluding hydrogens is 318 g/mol. The molecule has 0 spiro atoms. The second kappa shape index (κ2) is 5.63. The van der Waals surface area contributed by atoms with Crippen LogP contribution in [0.4, 0.5) is 8.78 Å². The van der Waals surface area contributed by atoms with Crippen LogP contribution in [-0.4, -0.2) is 10.2 Å². The monoisotopic (exact) mass is 332 g/mol. The fourth-order valence-electron chi connectivity index (χ4n) is 2.63. The highest BCUT2D eigenvalue weighted by atomic mass is 19.1. The van der Waals surface area contributed by atoms with E-state index in [4.69, 9.17) is 4.42 Å². The van der Waals surface area contributed by atoms with Crippen LogP contribution in [0.15, 0.2) is 39.5 Å². The van der Waals surface area contributed by atoms with Crippen LogP contribution in [0.3, 0.4) is 0 Å². The van der Waals surface area contributed by atoms with Gasteiger partial charge in [0.15, 0.2) is 22.8 Å². The number of aromatic hydroxyl groups is 2. The van der Waals surface area contributed by atoms with Crippen LogP contribution in [-0.2, 0) is 0 Å². The number of rotatable bonds is 2. The molecule has 0 amide bonds. The fraction of sp³-hybridized carbons (Fsp3) is 0.167. The Morgan fingerprint density at radius 3 is 2.25 bits per heavy atom. The van der Waals surface area contributed by atoms with Crippen LogP contribution in [0.25, 0.3) is 22.3 Å². The van der Waals surface area contributed by atoms with Crippen molar-refractivity contribution in [1.29, 1.82) is 0 Å². The summed E-state index contributed by atoms with van der Waals surface area (Å²) >= 11 is 0. The Morgan fingerprint density at radius 2 is 1.67 bits per heavy atom. The van der Waals surface area contributed by atoms with Gasteiger partial charge in [-0.1, -0.05) is 13.8 Å². The summed E-state index contributed by atoms with van der Waals surface area (Å²) < 4.78 is 33.1. The summed E-state index contributed by atoms with van der Waals surface area (Å²) in [5, 5.41) is 19.0. The van der Waals surface area contributed by atoms with E-state index in [-0.39, 0.29) is 45.0 Å². The molecule has 24 heavy (non-hydrogen) atoms. The number of hydrogen-bond acceptors (Lipinski definition) is 4. The molecule has 0 aliphatic heterocycles. The van der Waals surface area contributed by atoms with Gasteiger partial charge < -0.3 is 14.6 Å². The highest BCUT2D eigenvalue weighted by molar-refractivity contribution is 5.82. The molecule has 2 N–H and O–H groups in total. The molecule has 0 bridgehead atoms. The summed E-state index contributed by atoms with van der Waals surface area (Å²) in [5.74, 6) is -3.72. The van der Waals surface area contributed by atoms with Gasteiger partial charge in [0, 0.05) is 11.1 Å². The minimum Gasteiger partial charge on any atom is -0.508 e. The molecule has 1 aromatic heterocycles. The van der Waals surface area contributed by atoms with Crippen LogP contribution >= 0.6 is 0 Å². The number of fused-ring (bicyclic) bond motifs is 1. The van der Waals surface area contributed by atoms with E-state index in [0.717, 1.165) is 12.1 Å². The van der Waals surface area contributed by atoms with Crippen LogP contribution in [0.1, 0.15) is 25.3 Å². The predicted molar refractivity (Wildman–Crippen MR) is 85.3 cm³/mol. The predicted octanol–water partition coefficient (Wildman–Crippen LogP) is 4.27. The Morgan fingerprint density at radius 1 is 1.04 bits per heavy atom. The maximum atomic E-state index is 13.7. The van der Waals surface area contributed by atoms with E-state index in [1.807, 2.05) is 0 Å². The molecule has 3 aromatic rings. The van der Waals surface area contributed by atoms with Gasteiger partial charge in [-0.25, -0.2) is 8.78 Å². The minimum atomic E-state index is -1.15. The van der Waals surface area contributed by atoms with Crippen molar-refractivity contribution in [2.75, 3.05) is 0 Å². The van der Waals surface area contributed by atoms with Crippen molar-refractivity contribution in [3.63, 3.8) is 0 Å². The lowest BCUT2D eigenvalue weighted by molar-refractivity contribution is 0.396. The molecule has 1 heterocycles. The van der Waals surface area contributed by atoms with Gasteiger partial charge in [0.2, 0.25) is 0 Å². The molecule has 0 saturated heterocycles. The molecule has 0 unspecified atom stereocenters. The molecule has 4 nitrogen and oxygen atoms in total. The molecule has 0 radical (unpaired) electrons. The van der Waals surface area contributed by atoms with E-state index in [1.165, 1.54) is 18.2 Å². The number of hydrogen-bond donors (Lipinski definition) is 2. The van der Waals surface area contributed by atoms with Gasteiger partial charge in [-0.05, 0) is 36.2 Å². The molecule has 3 rings (SSSR count). The number of phenols is 2. The molecule has 0 atom stereocenters. The lowest BCUT2D eigenvalue weighted by Crippen LogP contribution is -2.12. The zero-order chi connectivity index (χ0) is 17.6. The van der Waals surface area contributed by atoms with Crippen molar-refractivity contribution in [1.82, 2.24) is 0 Å². The summed E-state index contributed by atoms with van der Waals surface area (Å²) in [6.07, 6.45) is 0. The van der Waals surface area contributed by atoms with E-state index >= 15 is 0 Å². The minimum absolute atomic E-state index is 0.0126. The molecule has 0 saturated carbocycles. The summed E-state index contributed by atoms with van der Waals surface area (Å²) in [5.41, 5.74) is 0.0493. The smallest absolute Gasteiger partial charge is 0.196 e. The molecule has 0 aliphatic carbocycles. The molecular formula is C18H14F2O4. The average Bonchev–Trinajstić information content (AvgIpc) is 2.52. The molecule has 124 valence electrons. The molecule has 0 aliphatic rings. The van der Waals surface area contributed by atoms with E-state index in [2.05, 4.69) is 0 Å². The summed E-state index contributed by atoms with van der Waals surface area (Å²) in [4.78, 5) is 12.7. The maximum Gasteiger partial charge on any atom is 0.196 e. The zero-order valence-corrected chi connectivity index (χ0v) is 12.9. The SMILES string of the molecule is CC(C)c1c(-c2cc(F)c(O)c(F)c2)oc2ccc(O)cc2c1=O. The van der Waals surface area contributed by atoms with Crippen molar-refractivity contribution in [3.05, 3.63) is 57.8 Å². The third-order valence-electron chi connectivity index (χ3n) is 3.77. The highest BCUT2D eigenvalue weighted by Crippen LogP contribution is 2.34. The van der Waals surface area contributed by atoms with E-state index in [9.17, 15) is 23.8 Å². The first-order valence-corrected chi connectivity index (χ1v) is 7.27. The van der Waals surface area contributed by atoms with Crippen molar-refractivity contribution >= 4 is 11.0 Å². The zero-order valence-electron chi connectivity index (χ0n) is 12.9. The maximum absolute atomic E-state index is 13.7. The van der Waals surface area contributed by atoms with E-state index in [1.54, 1.807) is 13.8 Å². The van der Waals surface area contributed by atoms with Crippen LogP contribution < -0.4 is 5.43 Å². The van der Waals surface area contributed by atoms with Crippen LogP contribution in [0.5, 0.6) is 11.5 Å². The third kappa shape index (κ3) is 2.50. The second-order valence-electron chi connectivity index (χ2n) is 5.80. The number of halogens is 2. The van der Waals surface area contributed by atoms with Gasteiger partial charge >= 0.3 is 0 Å². The van der Waals surface area contributed by atoms with Gasteiger partial charge in [-0.2, -0.15) is 0 Å². The quantitative estimate of drug-likeness (QED) is 0.735. The Balaban J connectivity index is 2.41. The normalized spacial score (nSPS) is 11.4. The Labute approximate surface area is 135 Å². The number of benzene rings is 2. The van der Waals surface area contributed by atoms with Crippen molar-refractivity contribution < 1.29 is 23.4 Å². The first-order valence-electron chi connectivity index (χ1n) is 7.27. The molecule has 2 aromatic carbocycles. The number of phenolic OH excluding ortho intramolecular Hbond substituents is 2. The van der Waals surface area contributed by atoms with Crippen LogP contribution in [0, 0.1) is 11.6 Å². The van der Waals surface area contributed by atoms with Gasteiger partial charge in [-0.15, -0.1) is 0 Å². The largest absolute Gasteiger partial charge is 0.508 e. The highest BCUT2D eigenvalue weighted by Gasteiger charge is 2.21. The van der Waals surface area contributed by atoms with Crippen molar-refractivity contribution in [2.45, 2.75) is 19.8 Å². The van der Waals surface area contributed by atoms with Gasteiger partial charge in [0.1, 0.15) is 17.1 Å². The second-order valence-corrected chi connectivity index (χ2v) is 5.80. The van der Waals surface area contributed by atoms with E-state index < -0.39 is 17.4 Å². The van der Waals surface area contributed by atoms with Crippen molar-refractivity contribution in [2.24, 2.45) is 0 Å². The lowest BCUT2D eigenvalue weighted by Gasteiger charge is -2.13. The summed E-state index contributed by atoms with van der Waals surface area (Å²) in [6.45, 7) is 3.50.